The van der Waals surface area contributed by atoms with E-state index in [0.29, 0.717) is 11.4 Å². The van der Waals surface area contributed by atoms with Crippen molar-refractivity contribution in [1.29, 1.82) is 0 Å². The number of ether oxygens (including phenoxy) is 1. The Balaban J connectivity index is 2.69. The van der Waals surface area contributed by atoms with E-state index < -0.39 is 6.86 Å². The number of hydrogen-bond acceptors (Lipinski definition) is 2. The second-order valence-electron chi connectivity index (χ2n) is 2.96. The first-order valence-electron chi connectivity index (χ1n) is 4.29. The van der Waals surface area contributed by atoms with E-state index in [0.717, 1.165) is 10.8 Å². The number of halogens is 1. The summed E-state index contributed by atoms with van der Waals surface area (Å²) < 4.78 is 17.0. The molecule has 0 spiro atoms. The summed E-state index contributed by atoms with van der Waals surface area (Å²) in [6.45, 7) is -0.863. The molecular formula is C11H10FNO. The van der Waals surface area contributed by atoms with Crippen LogP contribution >= 0.6 is 0 Å². The van der Waals surface area contributed by atoms with Gasteiger partial charge in [0, 0.05) is 5.39 Å². The number of anilines is 1. The van der Waals surface area contributed by atoms with Crippen molar-refractivity contribution < 1.29 is 9.13 Å². The summed E-state index contributed by atoms with van der Waals surface area (Å²) in [5.74, 6) is 0.422. The number of benzene rings is 2. The second-order valence-corrected chi connectivity index (χ2v) is 2.96. The molecule has 14 heavy (non-hydrogen) atoms. The highest BCUT2D eigenvalue weighted by Gasteiger charge is 2.05. The van der Waals surface area contributed by atoms with Crippen LogP contribution in [0.1, 0.15) is 0 Å². The van der Waals surface area contributed by atoms with Crippen molar-refractivity contribution in [2.75, 3.05) is 12.6 Å². The van der Waals surface area contributed by atoms with Crippen molar-refractivity contribution in [2.24, 2.45) is 0 Å². The van der Waals surface area contributed by atoms with E-state index in [4.69, 9.17) is 10.5 Å². The van der Waals surface area contributed by atoms with Crippen LogP contribution in [0.25, 0.3) is 10.8 Å². The fourth-order valence-corrected chi connectivity index (χ4v) is 1.48. The topological polar surface area (TPSA) is 35.2 Å². The first-order chi connectivity index (χ1) is 6.83. The minimum Gasteiger partial charge on any atom is -0.460 e. The lowest BCUT2D eigenvalue weighted by Crippen LogP contribution is -1.96. The lowest BCUT2D eigenvalue weighted by molar-refractivity contribution is 0.195. The van der Waals surface area contributed by atoms with E-state index in [2.05, 4.69) is 0 Å². The summed E-state index contributed by atoms with van der Waals surface area (Å²) in [5, 5.41) is 1.83. The SMILES string of the molecule is Nc1ccc2ccccc2c1OCF. The third-order valence-electron chi connectivity index (χ3n) is 2.11. The molecule has 2 nitrogen and oxygen atoms in total. The standard InChI is InChI=1S/C11H10FNO/c12-7-14-11-9-4-2-1-3-8(9)5-6-10(11)13/h1-6H,7,13H2. The van der Waals surface area contributed by atoms with Gasteiger partial charge < -0.3 is 10.5 Å². The maximum atomic E-state index is 12.1. The Morgan fingerprint density at radius 3 is 2.71 bits per heavy atom. The second kappa shape index (κ2) is 3.54. The summed E-state index contributed by atoms with van der Waals surface area (Å²) in [4.78, 5) is 0. The van der Waals surface area contributed by atoms with Crippen LogP contribution in [-0.4, -0.2) is 6.86 Å². The molecule has 0 atom stereocenters. The van der Waals surface area contributed by atoms with Crippen molar-refractivity contribution in [3.05, 3.63) is 36.4 Å². The Hall–Kier alpha value is -1.77. The Bertz CT molecular complexity index is 456. The van der Waals surface area contributed by atoms with E-state index in [9.17, 15) is 4.39 Å². The molecule has 0 radical (unpaired) electrons. The van der Waals surface area contributed by atoms with E-state index in [1.165, 1.54) is 0 Å². The van der Waals surface area contributed by atoms with E-state index >= 15 is 0 Å². The minimum absolute atomic E-state index is 0.422. The zero-order valence-corrected chi connectivity index (χ0v) is 7.53. The van der Waals surface area contributed by atoms with Gasteiger partial charge >= 0.3 is 0 Å². The van der Waals surface area contributed by atoms with Crippen LogP contribution in [0.3, 0.4) is 0 Å². The van der Waals surface area contributed by atoms with Gasteiger partial charge in [-0.2, -0.15) is 0 Å². The Morgan fingerprint density at radius 1 is 1.14 bits per heavy atom. The van der Waals surface area contributed by atoms with Gasteiger partial charge in [-0.15, -0.1) is 0 Å². The normalized spacial score (nSPS) is 10.4. The van der Waals surface area contributed by atoms with Gasteiger partial charge in [0.2, 0.25) is 6.86 Å². The predicted octanol–water partition coefficient (Wildman–Crippen LogP) is 2.73. The average Bonchev–Trinajstić information content (AvgIpc) is 2.23. The first-order valence-corrected chi connectivity index (χ1v) is 4.29. The molecule has 2 aromatic carbocycles. The number of alkyl halides is 1. The molecule has 0 heterocycles. The fourth-order valence-electron chi connectivity index (χ4n) is 1.48. The fraction of sp³-hybridized carbons (Fsp3) is 0.0909. The van der Waals surface area contributed by atoms with Crippen molar-refractivity contribution in [1.82, 2.24) is 0 Å². The van der Waals surface area contributed by atoms with Crippen LogP contribution < -0.4 is 10.5 Å². The summed E-state index contributed by atoms with van der Waals surface area (Å²) in [6, 6.07) is 11.2. The number of rotatable bonds is 2. The van der Waals surface area contributed by atoms with Gasteiger partial charge in [-0.3, -0.25) is 0 Å². The van der Waals surface area contributed by atoms with E-state index in [1.807, 2.05) is 30.3 Å². The first kappa shape index (κ1) is 8.81. The average molecular weight is 191 g/mol. The molecule has 0 saturated carbocycles. The largest absolute Gasteiger partial charge is 0.460 e. The maximum absolute atomic E-state index is 12.1. The molecule has 0 bridgehead atoms. The zero-order valence-electron chi connectivity index (χ0n) is 7.53. The number of nitrogen functional groups attached to an aromatic ring is 1. The predicted molar refractivity (Wildman–Crippen MR) is 55.0 cm³/mol. The summed E-state index contributed by atoms with van der Waals surface area (Å²) in [7, 11) is 0. The molecule has 72 valence electrons. The molecule has 0 aromatic heterocycles. The third kappa shape index (κ3) is 1.37. The van der Waals surface area contributed by atoms with Crippen LogP contribution in [0.5, 0.6) is 5.75 Å². The monoisotopic (exact) mass is 191 g/mol. The molecule has 0 unspecified atom stereocenters. The molecular weight excluding hydrogens is 181 g/mol. The van der Waals surface area contributed by atoms with Crippen LogP contribution in [0.15, 0.2) is 36.4 Å². The van der Waals surface area contributed by atoms with Gasteiger partial charge in [0.1, 0.15) is 0 Å². The summed E-state index contributed by atoms with van der Waals surface area (Å²) in [5.41, 5.74) is 6.14. The molecule has 0 aliphatic carbocycles. The van der Waals surface area contributed by atoms with Crippen LogP contribution in [-0.2, 0) is 0 Å². The molecule has 0 saturated heterocycles. The minimum atomic E-state index is -0.863. The van der Waals surface area contributed by atoms with Crippen molar-refractivity contribution >= 4 is 16.5 Å². The summed E-state index contributed by atoms with van der Waals surface area (Å²) in [6.07, 6.45) is 0. The molecule has 0 fully saturated rings. The third-order valence-corrected chi connectivity index (χ3v) is 2.11. The molecule has 2 N–H and O–H groups in total. The van der Waals surface area contributed by atoms with Gasteiger partial charge in [0.25, 0.3) is 0 Å². The van der Waals surface area contributed by atoms with Gasteiger partial charge in [-0.1, -0.05) is 30.3 Å². The Morgan fingerprint density at radius 2 is 1.93 bits per heavy atom. The highest BCUT2D eigenvalue weighted by Crippen LogP contribution is 2.31. The van der Waals surface area contributed by atoms with E-state index in [1.54, 1.807) is 6.07 Å². The number of nitrogens with two attached hydrogens (primary N) is 1. The van der Waals surface area contributed by atoms with Gasteiger partial charge in [-0.25, -0.2) is 4.39 Å². The quantitative estimate of drug-likeness (QED) is 0.741. The van der Waals surface area contributed by atoms with Gasteiger partial charge in [0.05, 0.1) is 5.69 Å². The summed E-state index contributed by atoms with van der Waals surface area (Å²) >= 11 is 0. The Labute approximate surface area is 81.1 Å². The molecule has 2 rings (SSSR count). The van der Waals surface area contributed by atoms with Gasteiger partial charge in [-0.05, 0) is 11.5 Å². The van der Waals surface area contributed by atoms with Crippen LogP contribution in [0.2, 0.25) is 0 Å². The smallest absolute Gasteiger partial charge is 0.228 e. The zero-order chi connectivity index (χ0) is 9.97. The molecule has 0 aliphatic heterocycles. The van der Waals surface area contributed by atoms with Gasteiger partial charge in [0.15, 0.2) is 5.75 Å². The highest BCUT2D eigenvalue weighted by atomic mass is 19.1. The highest BCUT2D eigenvalue weighted by molar-refractivity contribution is 5.92. The Kier molecular flexibility index (Phi) is 2.23. The lowest BCUT2D eigenvalue weighted by atomic mass is 10.1. The lowest BCUT2D eigenvalue weighted by Gasteiger charge is -2.08. The molecule has 3 heteroatoms. The van der Waals surface area contributed by atoms with Crippen molar-refractivity contribution in [3.63, 3.8) is 0 Å². The molecule has 0 amide bonds. The van der Waals surface area contributed by atoms with E-state index in [-0.39, 0.29) is 0 Å². The molecule has 0 aliphatic rings. The maximum Gasteiger partial charge on any atom is 0.228 e. The molecule has 2 aromatic rings. The van der Waals surface area contributed by atoms with Crippen molar-refractivity contribution in [3.8, 4) is 5.75 Å². The number of hydrogen-bond donors (Lipinski definition) is 1. The van der Waals surface area contributed by atoms with Crippen molar-refractivity contribution in [2.45, 2.75) is 0 Å². The van der Waals surface area contributed by atoms with Crippen LogP contribution in [0, 0.1) is 0 Å². The number of fused-ring (bicyclic) bond motifs is 1. The van der Waals surface area contributed by atoms with Crippen LogP contribution in [0.4, 0.5) is 10.1 Å².